The van der Waals surface area contributed by atoms with Gasteiger partial charge < -0.3 is 29.7 Å². The molecule has 3 aromatic rings. The molecule has 0 radical (unpaired) electrons. The van der Waals surface area contributed by atoms with Gasteiger partial charge in [0.2, 0.25) is 5.91 Å². The van der Waals surface area contributed by atoms with Crippen LogP contribution in [0.15, 0.2) is 59.8 Å². The monoisotopic (exact) mass is 623 g/mol. The lowest BCUT2D eigenvalue weighted by molar-refractivity contribution is -0.128. The van der Waals surface area contributed by atoms with Gasteiger partial charge in [-0.15, -0.1) is 0 Å². The number of halogens is 1. The van der Waals surface area contributed by atoms with Crippen molar-refractivity contribution in [1.29, 1.82) is 0 Å². The van der Waals surface area contributed by atoms with Crippen molar-refractivity contribution >= 4 is 52.5 Å². The van der Waals surface area contributed by atoms with E-state index in [-0.39, 0.29) is 23.7 Å². The highest BCUT2D eigenvalue weighted by Crippen LogP contribution is 2.29. The standard InChI is InChI=1S/C31H38ClN7O3S/c1-4-42-26-11-6-5-10-25(26)36-12-14-37(15-13-36)29(40)21-43-30-34-27(32)19-28(35-30)38-16-17-39(23(3)20-38)31(41)33-24-9-7-8-22(2)18-24/h5-11,18-19,23H,4,12-17,20-21H2,1-3H3,(H,33,41). The Morgan fingerprint density at radius 3 is 2.51 bits per heavy atom. The predicted octanol–water partition coefficient (Wildman–Crippen LogP) is 5.02. The molecule has 10 nitrogen and oxygen atoms in total. The molecule has 1 aromatic heterocycles. The predicted molar refractivity (Wildman–Crippen MR) is 173 cm³/mol. The number of anilines is 3. The Morgan fingerprint density at radius 2 is 1.77 bits per heavy atom. The molecule has 0 aliphatic carbocycles. The van der Waals surface area contributed by atoms with Crippen LogP contribution in [0.25, 0.3) is 0 Å². The van der Waals surface area contributed by atoms with Crippen LogP contribution in [0.1, 0.15) is 19.4 Å². The number of carbonyl (C=O) groups is 2. The molecule has 1 N–H and O–H groups in total. The number of aryl methyl sites for hydroxylation is 1. The van der Waals surface area contributed by atoms with Crippen molar-refractivity contribution in [1.82, 2.24) is 19.8 Å². The Bertz CT molecular complexity index is 1440. The molecule has 2 saturated heterocycles. The molecule has 12 heteroatoms. The number of urea groups is 1. The molecule has 0 saturated carbocycles. The first kappa shape index (κ1) is 30.7. The van der Waals surface area contributed by atoms with E-state index in [1.54, 1.807) is 6.07 Å². The summed E-state index contributed by atoms with van der Waals surface area (Å²) in [7, 11) is 0. The summed E-state index contributed by atoms with van der Waals surface area (Å²) in [6.07, 6.45) is 0. The van der Waals surface area contributed by atoms with Crippen LogP contribution < -0.4 is 19.9 Å². The van der Waals surface area contributed by atoms with Gasteiger partial charge in [0.05, 0.1) is 18.0 Å². The maximum Gasteiger partial charge on any atom is 0.322 e. The molecule has 2 fully saturated rings. The smallest absolute Gasteiger partial charge is 0.322 e. The number of hydrogen-bond donors (Lipinski definition) is 1. The van der Waals surface area contributed by atoms with Crippen LogP contribution in [0.4, 0.5) is 22.0 Å². The van der Waals surface area contributed by atoms with Gasteiger partial charge in [-0.25, -0.2) is 14.8 Å². The van der Waals surface area contributed by atoms with Crippen LogP contribution in [0, 0.1) is 6.92 Å². The molecule has 3 amide bonds. The van der Waals surface area contributed by atoms with Crippen LogP contribution in [0.5, 0.6) is 5.75 Å². The van der Waals surface area contributed by atoms with E-state index >= 15 is 0 Å². The molecule has 1 unspecified atom stereocenters. The van der Waals surface area contributed by atoms with E-state index in [0.717, 1.165) is 35.8 Å². The van der Waals surface area contributed by atoms with Crippen LogP contribution in [0.2, 0.25) is 5.15 Å². The summed E-state index contributed by atoms with van der Waals surface area (Å²) in [5.74, 6) is 1.85. The van der Waals surface area contributed by atoms with E-state index in [2.05, 4.69) is 26.2 Å². The largest absolute Gasteiger partial charge is 0.492 e. The van der Waals surface area contributed by atoms with E-state index in [9.17, 15) is 9.59 Å². The molecule has 43 heavy (non-hydrogen) atoms. The normalized spacial score (nSPS) is 17.2. The number of benzene rings is 2. The van der Waals surface area contributed by atoms with E-state index in [0.29, 0.717) is 55.5 Å². The highest BCUT2D eigenvalue weighted by molar-refractivity contribution is 7.99. The lowest BCUT2D eigenvalue weighted by atomic mass is 10.2. The Hall–Kier alpha value is -3.70. The zero-order chi connectivity index (χ0) is 30.3. The number of thioether (sulfide) groups is 1. The van der Waals surface area contributed by atoms with Crippen molar-refractivity contribution in [3.63, 3.8) is 0 Å². The average Bonchev–Trinajstić information content (AvgIpc) is 3.00. The van der Waals surface area contributed by atoms with E-state index < -0.39 is 0 Å². The molecule has 0 bridgehead atoms. The third kappa shape index (κ3) is 7.83. The second kappa shape index (κ2) is 14.2. The molecule has 2 aliphatic heterocycles. The Balaban J connectivity index is 1.13. The third-order valence-corrected chi connectivity index (χ3v) is 8.63. The number of nitrogens with one attached hydrogen (secondary N) is 1. The summed E-state index contributed by atoms with van der Waals surface area (Å²) in [5.41, 5.74) is 2.94. The summed E-state index contributed by atoms with van der Waals surface area (Å²) in [4.78, 5) is 43.2. The maximum absolute atomic E-state index is 13.1. The Labute approximate surface area is 262 Å². The zero-order valence-corrected chi connectivity index (χ0v) is 26.4. The van der Waals surface area contributed by atoms with Crippen molar-refractivity contribution in [2.75, 3.05) is 73.3 Å². The number of ether oxygens (including phenoxy) is 1. The summed E-state index contributed by atoms with van der Waals surface area (Å²) in [5, 5.41) is 3.80. The van der Waals surface area contributed by atoms with Crippen molar-refractivity contribution in [2.45, 2.75) is 32.0 Å². The van der Waals surface area contributed by atoms with E-state index in [1.165, 1.54) is 11.8 Å². The number of carbonyl (C=O) groups excluding carboxylic acids is 2. The van der Waals surface area contributed by atoms with E-state index in [4.69, 9.17) is 21.3 Å². The summed E-state index contributed by atoms with van der Waals surface area (Å²) >= 11 is 7.68. The lowest BCUT2D eigenvalue weighted by Crippen LogP contribution is -2.55. The molecule has 2 aromatic carbocycles. The first-order valence-electron chi connectivity index (χ1n) is 14.6. The molecule has 5 rings (SSSR count). The minimum Gasteiger partial charge on any atom is -0.492 e. The van der Waals surface area contributed by atoms with Crippen LogP contribution in [0.3, 0.4) is 0 Å². The van der Waals surface area contributed by atoms with Gasteiger partial charge in [0, 0.05) is 63.6 Å². The van der Waals surface area contributed by atoms with Gasteiger partial charge in [-0.3, -0.25) is 4.79 Å². The fourth-order valence-corrected chi connectivity index (χ4v) is 6.39. The first-order valence-corrected chi connectivity index (χ1v) is 16.0. The number of para-hydroxylation sites is 2. The maximum atomic E-state index is 13.1. The molecule has 0 spiro atoms. The molecular formula is C31H38ClN7O3S. The van der Waals surface area contributed by atoms with Crippen molar-refractivity contribution < 1.29 is 14.3 Å². The number of hydrogen-bond acceptors (Lipinski definition) is 8. The second-order valence-corrected chi connectivity index (χ2v) is 12.0. The van der Waals surface area contributed by atoms with Gasteiger partial charge in [0.15, 0.2) is 5.16 Å². The van der Waals surface area contributed by atoms with Gasteiger partial charge >= 0.3 is 6.03 Å². The number of amides is 3. The number of piperazine rings is 2. The van der Waals surface area contributed by atoms with Crippen LogP contribution in [-0.2, 0) is 4.79 Å². The average molecular weight is 624 g/mol. The SMILES string of the molecule is CCOc1ccccc1N1CCN(C(=O)CSc2nc(Cl)cc(N3CCN(C(=O)Nc4cccc(C)c4)C(C)C3)n2)CC1. The zero-order valence-electron chi connectivity index (χ0n) is 24.8. The first-order chi connectivity index (χ1) is 20.8. The fraction of sp³-hybridized carbons (Fsp3) is 0.419. The Morgan fingerprint density at radius 1 is 1.00 bits per heavy atom. The quantitative estimate of drug-likeness (QED) is 0.212. The number of rotatable bonds is 8. The topological polar surface area (TPSA) is 94.1 Å². The third-order valence-electron chi connectivity index (χ3n) is 7.61. The minimum atomic E-state index is -0.118. The summed E-state index contributed by atoms with van der Waals surface area (Å²) in [6.45, 7) is 11.1. The van der Waals surface area contributed by atoms with E-state index in [1.807, 2.05) is 73.0 Å². The van der Waals surface area contributed by atoms with Gasteiger partial charge in [-0.05, 0) is 50.6 Å². The van der Waals surface area contributed by atoms with Gasteiger partial charge in [0.25, 0.3) is 0 Å². The minimum absolute atomic E-state index is 0.0378. The van der Waals surface area contributed by atoms with Gasteiger partial charge in [0.1, 0.15) is 16.7 Å². The lowest BCUT2D eigenvalue weighted by Gasteiger charge is -2.40. The van der Waals surface area contributed by atoms with Crippen LogP contribution in [-0.4, -0.2) is 95.9 Å². The molecule has 228 valence electrons. The van der Waals surface area contributed by atoms with Gasteiger partial charge in [-0.1, -0.05) is 47.6 Å². The molecule has 3 heterocycles. The summed E-state index contributed by atoms with van der Waals surface area (Å²) in [6, 6.07) is 17.4. The van der Waals surface area contributed by atoms with Crippen LogP contribution >= 0.6 is 23.4 Å². The fourth-order valence-electron chi connectivity index (χ4n) is 5.41. The highest BCUT2D eigenvalue weighted by Gasteiger charge is 2.29. The summed E-state index contributed by atoms with van der Waals surface area (Å²) < 4.78 is 5.79. The Kier molecular flexibility index (Phi) is 10.1. The molecule has 2 aliphatic rings. The number of aromatic nitrogens is 2. The highest BCUT2D eigenvalue weighted by atomic mass is 35.5. The molecular weight excluding hydrogens is 586 g/mol. The van der Waals surface area contributed by atoms with Crippen molar-refractivity contribution in [2.24, 2.45) is 0 Å². The second-order valence-electron chi connectivity index (χ2n) is 10.7. The van der Waals surface area contributed by atoms with Crippen molar-refractivity contribution in [3.05, 3.63) is 65.3 Å². The number of nitrogens with zero attached hydrogens (tertiary/aromatic N) is 6. The van der Waals surface area contributed by atoms with Gasteiger partial charge in [-0.2, -0.15) is 0 Å². The van der Waals surface area contributed by atoms with Crippen molar-refractivity contribution in [3.8, 4) is 5.75 Å². The molecule has 1 atom stereocenters.